The number of hydrogen-bond acceptors (Lipinski definition) is 5. The molecule has 1 amide bonds. The molecule has 0 saturated carbocycles. The minimum atomic E-state index is -0.726. The summed E-state index contributed by atoms with van der Waals surface area (Å²) in [6.07, 6.45) is 1.83. The van der Waals surface area contributed by atoms with Crippen molar-refractivity contribution in [2.45, 2.75) is 13.0 Å². The summed E-state index contributed by atoms with van der Waals surface area (Å²) in [5, 5.41) is 4.84. The van der Waals surface area contributed by atoms with Gasteiger partial charge in [0.25, 0.3) is 11.5 Å². The van der Waals surface area contributed by atoms with Crippen molar-refractivity contribution in [1.82, 2.24) is 4.57 Å². The number of thiophene rings is 1. The maximum atomic E-state index is 13.7. The van der Waals surface area contributed by atoms with Gasteiger partial charge in [0, 0.05) is 10.6 Å². The molecular weight excluding hydrogens is 457 g/mol. The van der Waals surface area contributed by atoms with Crippen molar-refractivity contribution in [1.29, 1.82) is 0 Å². The zero-order valence-corrected chi connectivity index (χ0v) is 19.1. The van der Waals surface area contributed by atoms with Crippen molar-refractivity contribution in [2.24, 2.45) is 4.99 Å². The molecule has 5 nitrogen and oxygen atoms in total. The van der Waals surface area contributed by atoms with Gasteiger partial charge in [-0.1, -0.05) is 47.7 Å². The highest BCUT2D eigenvalue weighted by atomic mass is 32.1. The Morgan fingerprint density at radius 2 is 1.85 bits per heavy atom. The Morgan fingerprint density at radius 3 is 2.55 bits per heavy atom. The zero-order valence-electron chi connectivity index (χ0n) is 17.5. The van der Waals surface area contributed by atoms with Gasteiger partial charge in [-0.3, -0.25) is 14.2 Å². The predicted molar refractivity (Wildman–Crippen MR) is 130 cm³/mol. The average Bonchev–Trinajstić information content (AvgIpc) is 3.42. The number of nitrogens with zero attached hydrogens (tertiary/aromatic N) is 2. The van der Waals surface area contributed by atoms with Gasteiger partial charge in [-0.05, 0) is 54.3 Å². The molecule has 1 N–H and O–H groups in total. The number of halogens is 1. The number of fused-ring (bicyclic) bond motifs is 1. The molecule has 164 valence electrons. The average molecular weight is 476 g/mol. The highest BCUT2D eigenvalue weighted by molar-refractivity contribution is 7.11. The molecule has 0 saturated heterocycles. The number of allylic oxidation sites excluding steroid dienone is 1. The lowest BCUT2D eigenvalue weighted by molar-refractivity contribution is -0.113. The number of carbonyl (C=O) groups excluding carboxylic acids is 1. The standard InChI is InChI=1S/C25H18FN3O2S2/c1-15-21(23(30)28-18-6-3-2-4-7-18)22(16-9-11-17(26)12-10-16)29-24(31)20(33-25(29)27-15)14-19-8-5-13-32-19/h2-14,22H,1H3,(H,28,30). The van der Waals surface area contributed by atoms with Crippen LogP contribution in [0.1, 0.15) is 23.4 Å². The lowest BCUT2D eigenvalue weighted by atomic mass is 9.95. The zero-order chi connectivity index (χ0) is 22.9. The molecule has 5 rings (SSSR count). The molecule has 0 aliphatic carbocycles. The van der Waals surface area contributed by atoms with Crippen molar-refractivity contribution in [3.8, 4) is 0 Å². The van der Waals surface area contributed by atoms with Crippen LogP contribution in [0.4, 0.5) is 10.1 Å². The van der Waals surface area contributed by atoms with Gasteiger partial charge in [-0.15, -0.1) is 11.3 Å². The van der Waals surface area contributed by atoms with Crippen molar-refractivity contribution >= 4 is 40.3 Å². The van der Waals surface area contributed by atoms with Crippen LogP contribution in [0.15, 0.2) is 93.2 Å². The number of amides is 1. The third-order valence-corrected chi connectivity index (χ3v) is 7.10. The number of anilines is 1. The third-order valence-electron chi connectivity index (χ3n) is 5.30. The number of para-hydroxylation sites is 1. The number of benzene rings is 2. The second-order valence-electron chi connectivity index (χ2n) is 7.47. The SMILES string of the molecule is CC1=C(C(=O)Nc2ccccc2)C(c2ccc(F)cc2)n2c(sc(=Cc3cccs3)c2=O)=N1. The number of nitrogens with one attached hydrogen (secondary N) is 1. The summed E-state index contributed by atoms with van der Waals surface area (Å²) in [6.45, 7) is 1.76. The molecule has 3 heterocycles. The Balaban J connectivity index is 1.68. The van der Waals surface area contributed by atoms with Crippen LogP contribution in [0.25, 0.3) is 6.08 Å². The topological polar surface area (TPSA) is 63.5 Å². The molecule has 2 aromatic heterocycles. The molecule has 0 fully saturated rings. The van der Waals surface area contributed by atoms with Crippen LogP contribution in [0, 0.1) is 5.82 Å². The molecule has 1 unspecified atom stereocenters. The van der Waals surface area contributed by atoms with Crippen LogP contribution in [-0.2, 0) is 4.79 Å². The van der Waals surface area contributed by atoms with E-state index in [4.69, 9.17) is 0 Å². The largest absolute Gasteiger partial charge is 0.322 e. The van der Waals surface area contributed by atoms with E-state index < -0.39 is 6.04 Å². The van der Waals surface area contributed by atoms with Gasteiger partial charge in [0.1, 0.15) is 5.82 Å². The molecule has 0 radical (unpaired) electrons. The first kappa shape index (κ1) is 21.2. The fourth-order valence-corrected chi connectivity index (χ4v) is 5.56. The summed E-state index contributed by atoms with van der Waals surface area (Å²) in [4.78, 5) is 32.9. The van der Waals surface area contributed by atoms with Gasteiger partial charge in [0.2, 0.25) is 0 Å². The van der Waals surface area contributed by atoms with Crippen LogP contribution < -0.4 is 20.2 Å². The number of rotatable bonds is 4. The van der Waals surface area contributed by atoms with Crippen LogP contribution in [0.3, 0.4) is 0 Å². The number of carbonyl (C=O) groups is 1. The minimum Gasteiger partial charge on any atom is -0.322 e. The number of aromatic nitrogens is 1. The second kappa shape index (κ2) is 8.73. The fraction of sp³-hybridized carbons (Fsp3) is 0.0800. The van der Waals surface area contributed by atoms with Crippen LogP contribution in [0.5, 0.6) is 0 Å². The maximum Gasteiger partial charge on any atom is 0.271 e. The molecule has 1 atom stereocenters. The summed E-state index contributed by atoms with van der Waals surface area (Å²) in [5.74, 6) is -0.746. The molecular formula is C25H18FN3O2S2. The molecule has 8 heteroatoms. The van der Waals surface area contributed by atoms with E-state index >= 15 is 0 Å². The van der Waals surface area contributed by atoms with E-state index in [0.29, 0.717) is 31.9 Å². The molecule has 0 spiro atoms. The van der Waals surface area contributed by atoms with E-state index in [-0.39, 0.29) is 17.3 Å². The quantitative estimate of drug-likeness (QED) is 0.484. The predicted octanol–water partition coefficient (Wildman–Crippen LogP) is 4.07. The van der Waals surface area contributed by atoms with Crippen molar-refractivity contribution in [2.75, 3.05) is 5.32 Å². The normalized spacial score (nSPS) is 15.8. The molecule has 1 aliphatic heterocycles. The Hall–Kier alpha value is -3.62. The lowest BCUT2D eigenvalue weighted by Crippen LogP contribution is -2.40. The first-order valence-corrected chi connectivity index (χ1v) is 11.9. The first-order chi connectivity index (χ1) is 16.0. The summed E-state index contributed by atoms with van der Waals surface area (Å²) in [6, 6.07) is 18.1. The van der Waals surface area contributed by atoms with Crippen molar-refractivity contribution in [3.63, 3.8) is 0 Å². The molecule has 4 aromatic rings. The summed E-state index contributed by atoms with van der Waals surface area (Å²) >= 11 is 2.81. The van der Waals surface area contributed by atoms with Gasteiger partial charge in [-0.2, -0.15) is 0 Å². The maximum absolute atomic E-state index is 13.7. The third kappa shape index (κ3) is 4.10. The van der Waals surface area contributed by atoms with E-state index in [0.717, 1.165) is 4.88 Å². The molecule has 2 aromatic carbocycles. The van der Waals surface area contributed by atoms with Gasteiger partial charge in [-0.25, -0.2) is 9.38 Å². The van der Waals surface area contributed by atoms with Gasteiger partial charge >= 0.3 is 0 Å². The van der Waals surface area contributed by atoms with E-state index in [1.807, 2.05) is 41.8 Å². The van der Waals surface area contributed by atoms with E-state index in [1.54, 1.807) is 31.2 Å². The van der Waals surface area contributed by atoms with E-state index in [1.165, 1.54) is 39.4 Å². The van der Waals surface area contributed by atoms with E-state index in [2.05, 4.69) is 10.3 Å². The van der Waals surface area contributed by atoms with Crippen LogP contribution >= 0.6 is 22.7 Å². The number of hydrogen-bond donors (Lipinski definition) is 1. The highest BCUT2D eigenvalue weighted by Crippen LogP contribution is 2.30. The van der Waals surface area contributed by atoms with Crippen LogP contribution in [-0.4, -0.2) is 10.5 Å². The summed E-state index contributed by atoms with van der Waals surface area (Å²) < 4.78 is 15.7. The summed E-state index contributed by atoms with van der Waals surface area (Å²) in [5.41, 5.74) is 1.89. The Labute approximate surface area is 196 Å². The fourth-order valence-electron chi connectivity index (χ4n) is 3.79. The van der Waals surface area contributed by atoms with Gasteiger partial charge in [0.05, 0.1) is 21.8 Å². The van der Waals surface area contributed by atoms with Crippen molar-refractivity contribution in [3.05, 3.63) is 119 Å². The smallest absolute Gasteiger partial charge is 0.271 e. The van der Waals surface area contributed by atoms with Gasteiger partial charge < -0.3 is 5.32 Å². The van der Waals surface area contributed by atoms with E-state index in [9.17, 15) is 14.0 Å². The molecule has 33 heavy (non-hydrogen) atoms. The first-order valence-electron chi connectivity index (χ1n) is 10.2. The highest BCUT2D eigenvalue weighted by Gasteiger charge is 2.32. The molecule has 1 aliphatic rings. The van der Waals surface area contributed by atoms with Crippen LogP contribution in [0.2, 0.25) is 0 Å². The second-order valence-corrected chi connectivity index (χ2v) is 9.46. The Morgan fingerprint density at radius 1 is 1.09 bits per heavy atom. The lowest BCUT2D eigenvalue weighted by Gasteiger charge is -2.25. The van der Waals surface area contributed by atoms with Gasteiger partial charge in [0.15, 0.2) is 4.80 Å². The van der Waals surface area contributed by atoms with Crippen molar-refractivity contribution < 1.29 is 9.18 Å². The monoisotopic (exact) mass is 475 g/mol. The molecule has 0 bridgehead atoms. The minimum absolute atomic E-state index is 0.237. The number of thiazole rings is 1. The summed E-state index contributed by atoms with van der Waals surface area (Å²) in [7, 11) is 0. The Bertz CT molecular complexity index is 1530. The Kier molecular flexibility index (Phi) is 5.62.